The smallest absolute Gasteiger partial charge is 0.253 e. The van der Waals surface area contributed by atoms with E-state index in [9.17, 15) is 12.8 Å². The second-order valence-electron chi connectivity index (χ2n) is 2.61. The summed E-state index contributed by atoms with van der Waals surface area (Å²) < 4.78 is 38.1. The highest BCUT2D eigenvalue weighted by Crippen LogP contribution is 2.24. The standard InChI is InChI=1S/C7H6Cl2FNO3S/c8-5-2-6(9)7(10)1-4(5)3-14-15(11,12)13/h1-2H,3H2,(H2,11,12,13). The summed E-state index contributed by atoms with van der Waals surface area (Å²) in [7, 11) is -4.08. The van der Waals surface area contributed by atoms with E-state index >= 15 is 0 Å². The molecule has 0 bridgehead atoms. The lowest BCUT2D eigenvalue weighted by molar-refractivity contribution is 0.308. The van der Waals surface area contributed by atoms with Gasteiger partial charge in [0.15, 0.2) is 0 Å². The van der Waals surface area contributed by atoms with Gasteiger partial charge in [-0.05, 0) is 12.1 Å². The molecule has 0 saturated carbocycles. The van der Waals surface area contributed by atoms with Crippen LogP contribution in [0.4, 0.5) is 4.39 Å². The summed E-state index contributed by atoms with van der Waals surface area (Å²) >= 11 is 11.1. The molecule has 0 aliphatic heterocycles. The largest absolute Gasteiger partial charge is 0.333 e. The van der Waals surface area contributed by atoms with E-state index in [0.29, 0.717) is 0 Å². The molecule has 0 amide bonds. The van der Waals surface area contributed by atoms with E-state index in [-0.39, 0.29) is 15.6 Å². The lowest BCUT2D eigenvalue weighted by Crippen LogP contribution is -2.15. The van der Waals surface area contributed by atoms with Gasteiger partial charge < -0.3 is 0 Å². The summed E-state index contributed by atoms with van der Waals surface area (Å²) in [6.07, 6.45) is 0. The predicted molar refractivity (Wildman–Crippen MR) is 54.3 cm³/mol. The van der Waals surface area contributed by atoms with Crippen molar-refractivity contribution in [2.24, 2.45) is 5.14 Å². The molecule has 0 heterocycles. The summed E-state index contributed by atoms with van der Waals surface area (Å²) in [4.78, 5) is 0. The van der Waals surface area contributed by atoms with Crippen molar-refractivity contribution in [3.8, 4) is 0 Å². The van der Waals surface area contributed by atoms with Gasteiger partial charge in [-0.25, -0.2) is 9.53 Å². The Morgan fingerprint density at radius 1 is 1.33 bits per heavy atom. The molecule has 1 aromatic rings. The molecule has 0 atom stereocenters. The molecule has 1 aromatic carbocycles. The van der Waals surface area contributed by atoms with Crippen LogP contribution < -0.4 is 5.14 Å². The van der Waals surface area contributed by atoms with Crippen LogP contribution in [0.2, 0.25) is 10.0 Å². The van der Waals surface area contributed by atoms with E-state index < -0.39 is 22.7 Å². The third kappa shape index (κ3) is 3.92. The van der Waals surface area contributed by atoms with Crippen molar-refractivity contribution in [1.82, 2.24) is 0 Å². The molecule has 0 saturated heterocycles. The molecule has 15 heavy (non-hydrogen) atoms. The Labute approximate surface area is 96.0 Å². The Morgan fingerprint density at radius 3 is 2.47 bits per heavy atom. The first kappa shape index (κ1) is 12.7. The van der Waals surface area contributed by atoms with Crippen molar-refractivity contribution < 1.29 is 17.0 Å². The Hall–Kier alpha value is -0.400. The van der Waals surface area contributed by atoms with Crippen molar-refractivity contribution in [3.05, 3.63) is 33.6 Å². The van der Waals surface area contributed by atoms with Crippen LogP contribution in [-0.4, -0.2) is 8.42 Å². The minimum absolute atomic E-state index is 0.102. The van der Waals surface area contributed by atoms with Crippen LogP contribution in [-0.2, 0) is 21.1 Å². The second kappa shape index (κ2) is 4.63. The van der Waals surface area contributed by atoms with Crippen molar-refractivity contribution in [2.45, 2.75) is 6.61 Å². The number of hydrogen-bond acceptors (Lipinski definition) is 3. The zero-order chi connectivity index (χ0) is 11.6. The molecule has 0 radical (unpaired) electrons. The minimum atomic E-state index is -4.08. The number of hydrogen-bond donors (Lipinski definition) is 1. The van der Waals surface area contributed by atoms with Gasteiger partial charge in [-0.15, -0.1) is 0 Å². The molecular weight excluding hydrogens is 268 g/mol. The minimum Gasteiger partial charge on any atom is -0.253 e. The van der Waals surface area contributed by atoms with E-state index in [1.54, 1.807) is 0 Å². The fourth-order valence-corrected chi connectivity index (χ4v) is 1.55. The van der Waals surface area contributed by atoms with Gasteiger partial charge in [0.25, 0.3) is 0 Å². The normalized spacial score (nSPS) is 11.7. The van der Waals surface area contributed by atoms with Gasteiger partial charge in [0, 0.05) is 10.6 Å². The Bertz CT molecular complexity index is 477. The molecular formula is C7H6Cl2FNO3S. The number of benzene rings is 1. The lowest BCUT2D eigenvalue weighted by atomic mass is 10.2. The number of halogens is 3. The Balaban J connectivity index is 2.91. The fourth-order valence-electron chi connectivity index (χ4n) is 0.820. The first-order chi connectivity index (χ1) is 6.79. The van der Waals surface area contributed by atoms with Crippen LogP contribution >= 0.6 is 23.2 Å². The highest BCUT2D eigenvalue weighted by molar-refractivity contribution is 7.84. The molecule has 8 heteroatoms. The van der Waals surface area contributed by atoms with Crippen LogP contribution in [0.3, 0.4) is 0 Å². The SMILES string of the molecule is NS(=O)(=O)OCc1cc(F)c(Cl)cc1Cl. The first-order valence-electron chi connectivity index (χ1n) is 3.60. The molecule has 0 aliphatic carbocycles. The average molecular weight is 274 g/mol. The lowest BCUT2D eigenvalue weighted by Gasteiger charge is -2.05. The maximum Gasteiger partial charge on any atom is 0.333 e. The average Bonchev–Trinajstić information content (AvgIpc) is 2.07. The van der Waals surface area contributed by atoms with E-state index in [1.807, 2.05) is 0 Å². The predicted octanol–water partition coefficient (Wildman–Crippen LogP) is 1.85. The van der Waals surface area contributed by atoms with E-state index in [1.165, 1.54) is 0 Å². The molecule has 1 rings (SSSR count). The molecule has 0 spiro atoms. The Morgan fingerprint density at radius 2 is 1.93 bits per heavy atom. The molecule has 84 valence electrons. The highest BCUT2D eigenvalue weighted by Gasteiger charge is 2.10. The van der Waals surface area contributed by atoms with Gasteiger partial charge >= 0.3 is 10.3 Å². The van der Waals surface area contributed by atoms with Crippen molar-refractivity contribution in [1.29, 1.82) is 0 Å². The van der Waals surface area contributed by atoms with E-state index in [2.05, 4.69) is 9.32 Å². The van der Waals surface area contributed by atoms with Gasteiger partial charge in [-0.2, -0.15) is 8.42 Å². The zero-order valence-electron chi connectivity index (χ0n) is 7.21. The van der Waals surface area contributed by atoms with E-state index in [0.717, 1.165) is 12.1 Å². The molecule has 2 N–H and O–H groups in total. The van der Waals surface area contributed by atoms with Crippen LogP contribution in [0.15, 0.2) is 12.1 Å². The van der Waals surface area contributed by atoms with Crippen LogP contribution in [0.1, 0.15) is 5.56 Å². The van der Waals surface area contributed by atoms with Crippen LogP contribution in [0, 0.1) is 5.82 Å². The molecule has 4 nitrogen and oxygen atoms in total. The van der Waals surface area contributed by atoms with E-state index in [4.69, 9.17) is 23.2 Å². The topological polar surface area (TPSA) is 69.4 Å². The summed E-state index contributed by atoms with van der Waals surface area (Å²) in [6, 6.07) is 2.14. The monoisotopic (exact) mass is 273 g/mol. The molecule has 0 aliphatic rings. The maximum absolute atomic E-state index is 13.0. The molecule has 0 aromatic heterocycles. The van der Waals surface area contributed by atoms with Gasteiger partial charge in [0.1, 0.15) is 5.82 Å². The summed E-state index contributed by atoms with van der Waals surface area (Å²) in [5, 5.41) is 4.54. The molecule has 0 fully saturated rings. The van der Waals surface area contributed by atoms with Gasteiger partial charge in [0.05, 0.1) is 11.6 Å². The summed E-state index contributed by atoms with van der Waals surface area (Å²) in [5.74, 6) is -0.714. The van der Waals surface area contributed by atoms with Gasteiger partial charge in [0.2, 0.25) is 0 Å². The van der Waals surface area contributed by atoms with Gasteiger partial charge in [-0.1, -0.05) is 23.2 Å². The van der Waals surface area contributed by atoms with Crippen molar-refractivity contribution >= 4 is 33.5 Å². The molecule has 0 unspecified atom stereocenters. The number of rotatable bonds is 3. The number of nitrogens with two attached hydrogens (primary N) is 1. The fraction of sp³-hybridized carbons (Fsp3) is 0.143. The summed E-state index contributed by atoms with van der Waals surface area (Å²) in [5.41, 5.74) is 0.146. The maximum atomic E-state index is 13.0. The van der Waals surface area contributed by atoms with Crippen LogP contribution in [0.25, 0.3) is 0 Å². The highest BCUT2D eigenvalue weighted by atomic mass is 35.5. The zero-order valence-corrected chi connectivity index (χ0v) is 9.53. The first-order valence-corrected chi connectivity index (χ1v) is 5.83. The Kier molecular flexibility index (Phi) is 3.91. The van der Waals surface area contributed by atoms with Crippen molar-refractivity contribution in [3.63, 3.8) is 0 Å². The summed E-state index contributed by atoms with van der Waals surface area (Å²) in [6.45, 7) is -0.439. The third-order valence-electron chi connectivity index (χ3n) is 1.47. The quantitative estimate of drug-likeness (QED) is 0.855. The van der Waals surface area contributed by atoms with Crippen molar-refractivity contribution in [2.75, 3.05) is 0 Å². The second-order valence-corrected chi connectivity index (χ2v) is 4.65. The third-order valence-corrected chi connectivity index (χ3v) is 2.56. The van der Waals surface area contributed by atoms with Gasteiger partial charge in [-0.3, -0.25) is 4.18 Å². The van der Waals surface area contributed by atoms with Crippen LogP contribution in [0.5, 0.6) is 0 Å².